The van der Waals surface area contributed by atoms with Crippen molar-refractivity contribution in [3.05, 3.63) is 11.1 Å². The minimum atomic E-state index is 0.453. The van der Waals surface area contributed by atoms with Gasteiger partial charge in [-0.1, -0.05) is 25.0 Å². The molecule has 2 aliphatic rings. The molecular formula is C14H25N. The molecule has 0 radical (unpaired) electrons. The lowest BCUT2D eigenvalue weighted by molar-refractivity contribution is 0.351. The van der Waals surface area contributed by atoms with E-state index in [4.69, 9.17) is 5.73 Å². The molecule has 0 aromatic heterocycles. The van der Waals surface area contributed by atoms with Crippen LogP contribution in [-0.4, -0.2) is 6.04 Å². The Bertz CT molecular complexity index is 242. The Kier molecular flexibility index (Phi) is 3.50. The summed E-state index contributed by atoms with van der Waals surface area (Å²) in [5.74, 6) is 1.80. The minimum absolute atomic E-state index is 0.453. The third-order valence-electron chi connectivity index (χ3n) is 4.06. The Morgan fingerprint density at radius 1 is 1.00 bits per heavy atom. The van der Waals surface area contributed by atoms with Crippen molar-refractivity contribution < 1.29 is 0 Å². The molecular weight excluding hydrogens is 182 g/mol. The maximum atomic E-state index is 6.07. The third kappa shape index (κ3) is 2.84. The summed E-state index contributed by atoms with van der Waals surface area (Å²) < 4.78 is 0. The molecule has 2 N–H and O–H groups in total. The van der Waals surface area contributed by atoms with Crippen molar-refractivity contribution >= 4 is 0 Å². The first-order chi connectivity index (χ1) is 7.15. The van der Waals surface area contributed by atoms with Gasteiger partial charge in [0, 0.05) is 6.04 Å². The molecule has 0 heterocycles. The lowest BCUT2D eigenvalue weighted by Gasteiger charge is -2.31. The van der Waals surface area contributed by atoms with Gasteiger partial charge in [0.2, 0.25) is 0 Å². The van der Waals surface area contributed by atoms with Gasteiger partial charge in [-0.2, -0.15) is 0 Å². The van der Waals surface area contributed by atoms with E-state index in [0.29, 0.717) is 6.04 Å². The maximum Gasteiger partial charge on any atom is 0.00762 e. The molecule has 1 heteroatoms. The van der Waals surface area contributed by atoms with Gasteiger partial charge in [0.1, 0.15) is 0 Å². The van der Waals surface area contributed by atoms with Crippen LogP contribution in [0.5, 0.6) is 0 Å². The first-order valence-corrected chi connectivity index (χ1v) is 6.60. The van der Waals surface area contributed by atoms with E-state index < -0.39 is 0 Å². The van der Waals surface area contributed by atoms with E-state index in [1.165, 1.54) is 44.9 Å². The molecule has 0 bridgehead atoms. The molecule has 2 fully saturated rings. The topological polar surface area (TPSA) is 26.0 Å². The van der Waals surface area contributed by atoms with Crippen LogP contribution in [0.15, 0.2) is 11.1 Å². The lowest BCUT2D eigenvalue weighted by atomic mass is 9.75. The molecule has 0 aromatic rings. The summed E-state index contributed by atoms with van der Waals surface area (Å²) in [7, 11) is 0. The molecule has 0 spiro atoms. The zero-order chi connectivity index (χ0) is 10.8. The zero-order valence-electron chi connectivity index (χ0n) is 10.3. The van der Waals surface area contributed by atoms with Crippen LogP contribution >= 0.6 is 0 Å². The second-order valence-electron chi connectivity index (χ2n) is 5.92. The summed E-state index contributed by atoms with van der Waals surface area (Å²) in [6.45, 7) is 4.80. The number of nitrogens with two attached hydrogens (primary N) is 1. The molecule has 0 aliphatic heterocycles. The fourth-order valence-electron chi connectivity index (χ4n) is 3.49. The van der Waals surface area contributed by atoms with Gasteiger partial charge in [-0.15, -0.1) is 0 Å². The molecule has 0 amide bonds. The van der Waals surface area contributed by atoms with Gasteiger partial charge >= 0.3 is 0 Å². The van der Waals surface area contributed by atoms with Crippen LogP contribution < -0.4 is 5.73 Å². The van der Waals surface area contributed by atoms with E-state index in [2.05, 4.69) is 13.8 Å². The van der Waals surface area contributed by atoms with Crippen molar-refractivity contribution in [2.45, 2.75) is 64.8 Å². The summed E-state index contributed by atoms with van der Waals surface area (Å²) in [6, 6.07) is 0.453. The summed E-state index contributed by atoms with van der Waals surface area (Å²) in [6.07, 6.45) is 9.21. The van der Waals surface area contributed by atoms with Crippen LogP contribution in [0.3, 0.4) is 0 Å². The average molecular weight is 207 g/mol. The van der Waals surface area contributed by atoms with Crippen molar-refractivity contribution in [3.63, 3.8) is 0 Å². The van der Waals surface area contributed by atoms with Gasteiger partial charge in [-0.25, -0.2) is 0 Å². The Labute approximate surface area is 94.1 Å². The van der Waals surface area contributed by atoms with E-state index in [-0.39, 0.29) is 0 Å². The van der Waals surface area contributed by atoms with E-state index in [9.17, 15) is 0 Å². The smallest absolute Gasteiger partial charge is 0.00762 e. The van der Waals surface area contributed by atoms with E-state index >= 15 is 0 Å². The average Bonchev–Trinajstić information content (AvgIpc) is 2.16. The molecule has 2 rings (SSSR count). The standard InChI is InChI=1S/C14H25N/c1-10-6-11(2)8-13(7-10)12-4-3-5-14(15)9-12/h10-11,14H,3-9,15H2,1-2H3. The highest BCUT2D eigenvalue weighted by molar-refractivity contribution is 5.19. The van der Waals surface area contributed by atoms with Gasteiger partial charge in [0.15, 0.2) is 0 Å². The normalized spacial score (nSPS) is 38.2. The molecule has 15 heavy (non-hydrogen) atoms. The maximum absolute atomic E-state index is 6.07. The molecule has 2 saturated carbocycles. The van der Waals surface area contributed by atoms with Crippen LogP contribution in [0.2, 0.25) is 0 Å². The second kappa shape index (κ2) is 4.69. The number of hydrogen-bond acceptors (Lipinski definition) is 1. The Hall–Kier alpha value is -0.300. The molecule has 3 atom stereocenters. The molecule has 86 valence electrons. The first kappa shape index (κ1) is 11.2. The van der Waals surface area contributed by atoms with Crippen LogP contribution in [-0.2, 0) is 0 Å². The Morgan fingerprint density at radius 3 is 2.27 bits per heavy atom. The van der Waals surface area contributed by atoms with Crippen molar-refractivity contribution in [2.24, 2.45) is 17.6 Å². The monoisotopic (exact) mass is 207 g/mol. The number of hydrogen-bond donors (Lipinski definition) is 1. The lowest BCUT2D eigenvalue weighted by Crippen LogP contribution is -2.25. The Balaban J connectivity index is 2.09. The van der Waals surface area contributed by atoms with E-state index in [1.807, 2.05) is 0 Å². The molecule has 0 saturated heterocycles. The van der Waals surface area contributed by atoms with Gasteiger partial charge < -0.3 is 5.73 Å². The zero-order valence-corrected chi connectivity index (χ0v) is 10.3. The Morgan fingerprint density at radius 2 is 1.67 bits per heavy atom. The number of rotatable bonds is 0. The largest absolute Gasteiger partial charge is 0.327 e. The number of allylic oxidation sites excluding steroid dienone is 1. The van der Waals surface area contributed by atoms with Gasteiger partial charge in [0.05, 0.1) is 0 Å². The fourth-order valence-corrected chi connectivity index (χ4v) is 3.49. The molecule has 2 aliphatic carbocycles. The van der Waals surface area contributed by atoms with Crippen LogP contribution in [0.4, 0.5) is 0 Å². The summed E-state index contributed by atoms with van der Waals surface area (Å²) in [5.41, 5.74) is 9.57. The minimum Gasteiger partial charge on any atom is -0.327 e. The highest BCUT2D eigenvalue weighted by Gasteiger charge is 2.23. The van der Waals surface area contributed by atoms with E-state index in [0.717, 1.165) is 11.8 Å². The predicted octanol–water partition coefficient (Wildman–Crippen LogP) is 3.64. The SMILES string of the molecule is CC1CC(=C2CCCC(N)C2)CC(C)C1. The second-order valence-corrected chi connectivity index (χ2v) is 5.92. The molecule has 0 aromatic carbocycles. The van der Waals surface area contributed by atoms with Crippen LogP contribution in [0.1, 0.15) is 58.8 Å². The third-order valence-corrected chi connectivity index (χ3v) is 4.06. The molecule has 3 unspecified atom stereocenters. The quantitative estimate of drug-likeness (QED) is 0.603. The van der Waals surface area contributed by atoms with Crippen LogP contribution in [0, 0.1) is 11.8 Å². The van der Waals surface area contributed by atoms with Crippen molar-refractivity contribution in [2.75, 3.05) is 0 Å². The highest BCUT2D eigenvalue weighted by Crippen LogP contribution is 2.37. The fraction of sp³-hybridized carbons (Fsp3) is 0.857. The van der Waals surface area contributed by atoms with Crippen molar-refractivity contribution in [3.8, 4) is 0 Å². The first-order valence-electron chi connectivity index (χ1n) is 6.60. The summed E-state index contributed by atoms with van der Waals surface area (Å²) >= 11 is 0. The highest BCUT2D eigenvalue weighted by atomic mass is 14.6. The van der Waals surface area contributed by atoms with Gasteiger partial charge in [-0.3, -0.25) is 0 Å². The van der Waals surface area contributed by atoms with Gasteiger partial charge in [-0.05, 0) is 56.8 Å². The summed E-state index contributed by atoms with van der Waals surface area (Å²) in [4.78, 5) is 0. The predicted molar refractivity (Wildman–Crippen MR) is 65.6 cm³/mol. The van der Waals surface area contributed by atoms with Crippen molar-refractivity contribution in [1.29, 1.82) is 0 Å². The van der Waals surface area contributed by atoms with Gasteiger partial charge in [0.25, 0.3) is 0 Å². The van der Waals surface area contributed by atoms with Crippen molar-refractivity contribution in [1.82, 2.24) is 0 Å². The summed E-state index contributed by atoms with van der Waals surface area (Å²) in [5, 5.41) is 0. The van der Waals surface area contributed by atoms with E-state index in [1.54, 1.807) is 11.1 Å². The molecule has 1 nitrogen and oxygen atoms in total. The van der Waals surface area contributed by atoms with Crippen LogP contribution in [0.25, 0.3) is 0 Å².